The van der Waals surface area contributed by atoms with Gasteiger partial charge in [0.25, 0.3) is 0 Å². The van der Waals surface area contributed by atoms with E-state index in [1.807, 2.05) is 0 Å². The van der Waals surface area contributed by atoms with Crippen LogP contribution in [0.3, 0.4) is 0 Å². The second-order valence-electron chi connectivity index (χ2n) is 11.0. The lowest BCUT2D eigenvalue weighted by Gasteiger charge is -2.44. The van der Waals surface area contributed by atoms with Crippen molar-refractivity contribution >= 4 is 0 Å². The van der Waals surface area contributed by atoms with Crippen molar-refractivity contribution in [3.8, 4) is 0 Å². The molecular formula is C27H44O2. The molecule has 3 rings (SSSR count). The zero-order chi connectivity index (χ0) is 21.2. The third-order valence-corrected chi connectivity index (χ3v) is 8.43. The van der Waals surface area contributed by atoms with Crippen molar-refractivity contribution in [2.45, 2.75) is 104 Å². The monoisotopic (exact) mass is 400 g/mol. The molecule has 3 fully saturated rings. The van der Waals surface area contributed by atoms with Crippen LogP contribution in [0, 0.1) is 29.1 Å². The smallest absolute Gasteiger partial charge is 0.0811 e. The van der Waals surface area contributed by atoms with Crippen LogP contribution < -0.4 is 0 Å². The average molecular weight is 401 g/mol. The van der Waals surface area contributed by atoms with Crippen molar-refractivity contribution in [3.05, 3.63) is 35.5 Å². The predicted octanol–water partition coefficient (Wildman–Crippen LogP) is 6.59. The average Bonchev–Trinajstić information content (AvgIpc) is 3.00. The van der Waals surface area contributed by atoms with Crippen LogP contribution in [0.4, 0.5) is 0 Å². The third-order valence-electron chi connectivity index (χ3n) is 8.43. The van der Waals surface area contributed by atoms with Gasteiger partial charge in [0.1, 0.15) is 0 Å². The highest BCUT2D eigenvalue weighted by Gasteiger charge is 2.50. The first kappa shape index (κ1) is 22.8. The van der Waals surface area contributed by atoms with E-state index in [0.29, 0.717) is 24.2 Å². The van der Waals surface area contributed by atoms with Gasteiger partial charge in [0.05, 0.1) is 12.2 Å². The van der Waals surface area contributed by atoms with E-state index in [1.165, 1.54) is 51.4 Å². The molecule has 0 aromatic carbocycles. The molecule has 0 aromatic heterocycles. The zero-order valence-electron chi connectivity index (χ0n) is 19.3. The minimum Gasteiger partial charge on any atom is -0.393 e. The molecular weight excluding hydrogens is 356 g/mol. The third kappa shape index (κ3) is 5.07. The van der Waals surface area contributed by atoms with E-state index in [1.54, 1.807) is 5.57 Å². The van der Waals surface area contributed by atoms with Gasteiger partial charge < -0.3 is 10.2 Å². The van der Waals surface area contributed by atoms with Crippen molar-refractivity contribution in [3.63, 3.8) is 0 Å². The zero-order valence-corrected chi connectivity index (χ0v) is 19.3. The number of hydrogen-bond donors (Lipinski definition) is 2. The second kappa shape index (κ2) is 9.52. The predicted molar refractivity (Wildman–Crippen MR) is 123 cm³/mol. The van der Waals surface area contributed by atoms with Crippen LogP contribution in [-0.4, -0.2) is 22.4 Å². The van der Waals surface area contributed by atoms with E-state index in [0.717, 1.165) is 28.9 Å². The molecule has 2 nitrogen and oxygen atoms in total. The molecule has 0 radical (unpaired) electrons. The first-order valence-electron chi connectivity index (χ1n) is 12.2. The van der Waals surface area contributed by atoms with E-state index in [2.05, 4.69) is 46.4 Å². The summed E-state index contributed by atoms with van der Waals surface area (Å²) in [6, 6.07) is 0. The van der Waals surface area contributed by atoms with E-state index >= 15 is 0 Å². The molecule has 0 bridgehead atoms. The molecule has 0 heterocycles. The molecule has 2 heteroatoms. The molecule has 0 amide bonds. The Kier molecular flexibility index (Phi) is 7.49. The van der Waals surface area contributed by atoms with Crippen LogP contribution in [0.15, 0.2) is 35.5 Å². The fourth-order valence-electron chi connectivity index (χ4n) is 6.73. The van der Waals surface area contributed by atoms with Crippen molar-refractivity contribution in [2.24, 2.45) is 29.1 Å². The van der Waals surface area contributed by atoms with Gasteiger partial charge >= 0.3 is 0 Å². The SMILES string of the molecule is C=C1/C(=C\C=C2\CCCC3(C)C2CCC3C(C)CCCC(C)C)CC(O)CC1O. The van der Waals surface area contributed by atoms with Gasteiger partial charge in [-0.15, -0.1) is 0 Å². The highest BCUT2D eigenvalue weighted by molar-refractivity contribution is 5.38. The van der Waals surface area contributed by atoms with Crippen LogP contribution in [0.5, 0.6) is 0 Å². The Labute approximate surface area is 179 Å². The maximum Gasteiger partial charge on any atom is 0.0811 e. The fourth-order valence-corrected chi connectivity index (χ4v) is 6.73. The summed E-state index contributed by atoms with van der Waals surface area (Å²) in [5.41, 5.74) is 3.88. The van der Waals surface area contributed by atoms with Gasteiger partial charge in [0, 0.05) is 6.42 Å². The Balaban J connectivity index is 1.71. The molecule has 6 atom stereocenters. The Morgan fingerprint density at radius 2 is 1.90 bits per heavy atom. The maximum atomic E-state index is 10.1. The normalized spacial score (nSPS) is 39.3. The second-order valence-corrected chi connectivity index (χ2v) is 11.0. The Morgan fingerprint density at radius 1 is 1.14 bits per heavy atom. The van der Waals surface area contributed by atoms with Crippen LogP contribution >= 0.6 is 0 Å². The number of aliphatic hydroxyl groups is 2. The topological polar surface area (TPSA) is 40.5 Å². The van der Waals surface area contributed by atoms with Crippen molar-refractivity contribution in [2.75, 3.05) is 0 Å². The summed E-state index contributed by atoms with van der Waals surface area (Å²) < 4.78 is 0. The van der Waals surface area contributed by atoms with Gasteiger partial charge in [-0.05, 0) is 78.8 Å². The Hall–Kier alpha value is -0.860. The lowest BCUT2D eigenvalue weighted by molar-refractivity contribution is 0.0861. The van der Waals surface area contributed by atoms with Gasteiger partial charge in [0.15, 0.2) is 0 Å². The van der Waals surface area contributed by atoms with Crippen molar-refractivity contribution in [1.29, 1.82) is 0 Å². The molecule has 29 heavy (non-hydrogen) atoms. The lowest BCUT2D eigenvalue weighted by atomic mass is 9.60. The summed E-state index contributed by atoms with van der Waals surface area (Å²) in [6.45, 7) is 13.8. The van der Waals surface area contributed by atoms with Gasteiger partial charge in [-0.25, -0.2) is 0 Å². The van der Waals surface area contributed by atoms with Crippen molar-refractivity contribution < 1.29 is 10.2 Å². The minimum atomic E-state index is -0.595. The number of allylic oxidation sites excluding steroid dienone is 3. The molecule has 3 aliphatic carbocycles. The summed E-state index contributed by atoms with van der Waals surface area (Å²) in [7, 11) is 0. The van der Waals surface area contributed by atoms with Gasteiger partial charge in [-0.1, -0.05) is 71.3 Å². The van der Waals surface area contributed by atoms with Gasteiger partial charge in [-0.2, -0.15) is 0 Å². The van der Waals surface area contributed by atoms with E-state index in [-0.39, 0.29) is 0 Å². The van der Waals surface area contributed by atoms with Crippen LogP contribution in [0.25, 0.3) is 0 Å². The first-order chi connectivity index (χ1) is 13.7. The molecule has 2 N–H and O–H groups in total. The minimum absolute atomic E-state index is 0.420. The highest BCUT2D eigenvalue weighted by Crippen LogP contribution is 2.59. The van der Waals surface area contributed by atoms with Crippen LogP contribution in [-0.2, 0) is 0 Å². The largest absolute Gasteiger partial charge is 0.393 e. The van der Waals surface area contributed by atoms with Crippen molar-refractivity contribution in [1.82, 2.24) is 0 Å². The molecule has 0 spiro atoms. The van der Waals surface area contributed by atoms with Gasteiger partial charge in [-0.3, -0.25) is 0 Å². The first-order valence-corrected chi connectivity index (χ1v) is 12.2. The Morgan fingerprint density at radius 3 is 2.62 bits per heavy atom. The maximum absolute atomic E-state index is 10.1. The number of fused-ring (bicyclic) bond motifs is 1. The van der Waals surface area contributed by atoms with Crippen LogP contribution in [0.2, 0.25) is 0 Å². The van der Waals surface area contributed by atoms with E-state index in [9.17, 15) is 10.2 Å². The molecule has 0 aliphatic heterocycles. The summed E-state index contributed by atoms with van der Waals surface area (Å²) in [5, 5.41) is 20.2. The van der Waals surface area contributed by atoms with Gasteiger partial charge in [0.2, 0.25) is 0 Å². The van der Waals surface area contributed by atoms with E-state index in [4.69, 9.17) is 0 Å². The van der Waals surface area contributed by atoms with Crippen LogP contribution in [0.1, 0.15) is 91.9 Å². The summed E-state index contributed by atoms with van der Waals surface area (Å²) in [4.78, 5) is 0. The lowest BCUT2D eigenvalue weighted by Crippen LogP contribution is -2.36. The summed E-state index contributed by atoms with van der Waals surface area (Å²) in [5.74, 6) is 3.20. The number of hydrogen-bond acceptors (Lipinski definition) is 2. The molecule has 6 unspecified atom stereocenters. The number of aliphatic hydroxyl groups excluding tert-OH is 2. The molecule has 164 valence electrons. The molecule has 0 saturated heterocycles. The molecule has 0 aromatic rings. The Bertz CT molecular complexity index is 643. The fraction of sp³-hybridized carbons (Fsp3) is 0.778. The molecule has 3 saturated carbocycles. The quantitative estimate of drug-likeness (QED) is 0.528. The van der Waals surface area contributed by atoms with E-state index < -0.39 is 12.2 Å². The summed E-state index contributed by atoms with van der Waals surface area (Å²) >= 11 is 0. The molecule has 3 aliphatic rings. The number of rotatable bonds is 6. The summed E-state index contributed by atoms with van der Waals surface area (Å²) in [6.07, 6.45) is 15.2. The highest BCUT2D eigenvalue weighted by atomic mass is 16.3. The standard InChI is InChI=1S/C27H44O2/c1-18(2)8-6-9-19(3)24-13-14-25-21(10-7-15-27(24,25)5)11-12-22-16-23(28)17-26(29)20(22)4/h11-12,18-19,23-26,28-29H,4,6-10,13-17H2,1-3,5H3/b21-11-,22-12-.